The van der Waals surface area contributed by atoms with Gasteiger partial charge in [0.2, 0.25) is 5.95 Å². The van der Waals surface area contributed by atoms with Gasteiger partial charge in [-0.25, -0.2) is 4.98 Å². The summed E-state index contributed by atoms with van der Waals surface area (Å²) in [5.41, 5.74) is 1.37. The Hall–Kier alpha value is -2.46. The molecule has 0 amide bonds. The summed E-state index contributed by atoms with van der Waals surface area (Å²) in [7, 11) is 0.761. The van der Waals surface area contributed by atoms with Crippen LogP contribution in [0.3, 0.4) is 0 Å². The third kappa shape index (κ3) is 6.11. The number of hydrogen-bond donors (Lipinski definition) is 2. The number of nitrogens with one attached hydrogen (secondary N) is 2. The Morgan fingerprint density at radius 3 is 2.00 bits per heavy atom. The van der Waals surface area contributed by atoms with Gasteiger partial charge in [-0.2, -0.15) is 4.98 Å². The molecule has 0 saturated carbocycles. The quantitative estimate of drug-likeness (QED) is 0.405. The number of anilines is 4. The number of aromatic nitrogens is 2. The fourth-order valence-electron chi connectivity index (χ4n) is 3.04. The van der Waals surface area contributed by atoms with Crippen molar-refractivity contribution in [2.45, 2.75) is 0 Å². The molecular formula is C23H29ClN4O3P2. The van der Waals surface area contributed by atoms with E-state index in [0.29, 0.717) is 34.0 Å². The van der Waals surface area contributed by atoms with Crippen LogP contribution in [-0.4, -0.2) is 57.1 Å². The molecule has 33 heavy (non-hydrogen) atoms. The first-order valence-corrected chi connectivity index (χ1v) is 15.9. The van der Waals surface area contributed by atoms with Gasteiger partial charge >= 0.3 is 0 Å². The van der Waals surface area contributed by atoms with Crippen molar-refractivity contribution in [3.8, 4) is 11.5 Å². The highest BCUT2D eigenvalue weighted by molar-refractivity contribution is 7.79. The van der Waals surface area contributed by atoms with Crippen LogP contribution < -0.4 is 30.7 Å². The molecule has 0 bridgehead atoms. The molecule has 0 aliphatic rings. The largest absolute Gasteiger partial charge is 0.495 e. The van der Waals surface area contributed by atoms with Crippen LogP contribution in [0.15, 0.2) is 42.6 Å². The minimum Gasteiger partial charge on any atom is -0.495 e. The summed E-state index contributed by atoms with van der Waals surface area (Å²) in [5, 5.41) is 8.61. The van der Waals surface area contributed by atoms with Crippen LogP contribution in [0.25, 0.3) is 0 Å². The average Bonchev–Trinajstić information content (AvgIpc) is 2.75. The predicted octanol–water partition coefficient (Wildman–Crippen LogP) is 5.22. The van der Waals surface area contributed by atoms with Gasteiger partial charge in [0.05, 0.1) is 31.8 Å². The number of benzene rings is 2. The van der Waals surface area contributed by atoms with E-state index in [1.165, 1.54) is 6.20 Å². The second-order valence-corrected chi connectivity index (χ2v) is 16.0. The summed E-state index contributed by atoms with van der Waals surface area (Å²) in [6.07, 6.45) is 5.80. The van der Waals surface area contributed by atoms with E-state index in [2.05, 4.69) is 40.2 Å². The lowest BCUT2D eigenvalue weighted by Crippen LogP contribution is -2.08. The summed E-state index contributed by atoms with van der Waals surface area (Å²) in [5.74, 6) is 1.96. The lowest BCUT2D eigenvalue weighted by molar-refractivity contribution is 0.417. The van der Waals surface area contributed by atoms with Gasteiger partial charge in [0.15, 0.2) is 5.82 Å². The number of nitrogens with zero attached hydrogens (tertiary/aromatic N) is 2. The summed E-state index contributed by atoms with van der Waals surface area (Å²) in [6.45, 7) is 6.29. The van der Waals surface area contributed by atoms with Gasteiger partial charge in [-0.1, -0.05) is 30.9 Å². The Morgan fingerprint density at radius 1 is 0.909 bits per heavy atom. The normalized spacial score (nSPS) is 11.7. The topological polar surface area (TPSA) is 85.4 Å². The van der Waals surface area contributed by atoms with Crippen molar-refractivity contribution in [3.63, 3.8) is 0 Å². The average molecular weight is 507 g/mol. The van der Waals surface area contributed by atoms with Gasteiger partial charge in [0.1, 0.15) is 23.7 Å². The molecule has 0 radical (unpaired) electrons. The van der Waals surface area contributed by atoms with Crippen molar-refractivity contribution in [3.05, 3.63) is 47.6 Å². The van der Waals surface area contributed by atoms with E-state index >= 15 is 0 Å². The summed E-state index contributed by atoms with van der Waals surface area (Å²) in [4.78, 5) is 8.79. The Kier molecular flexibility index (Phi) is 7.48. The van der Waals surface area contributed by atoms with Crippen molar-refractivity contribution in [2.24, 2.45) is 0 Å². The van der Waals surface area contributed by atoms with Crippen molar-refractivity contribution < 1.29 is 14.0 Å². The summed E-state index contributed by atoms with van der Waals surface area (Å²) >= 11 is 6.36. The van der Waals surface area contributed by atoms with Crippen LogP contribution >= 0.6 is 25.6 Å². The van der Waals surface area contributed by atoms with E-state index in [9.17, 15) is 4.57 Å². The number of rotatable bonds is 8. The highest BCUT2D eigenvalue weighted by Crippen LogP contribution is 2.39. The molecule has 1 aromatic heterocycles. The highest BCUT2D eigenvalue weighted by atomic mass is 35.5. The Morgan fingerprint density at radius 2 is 1.45 bits per heavy atom. The minimum atomic E-state index is -2.42. The van der Waals surface area contributed by atoms with Crippen molar-refractivity contribution in [2.75, 3.05) is 51.5 Å². The first-order valence-electron chi connectivity index (χ1n) is 10.1. The van der Waals surface area contributed by atoms with Gasteiger partial charge in [0, 0.05) is 5.30 Å². The van der Waals surface area contributed by atoms with Gasteiger partial charge in [-0.15, -0.1) is 0 Å². The number of halogens is 1. The summed E-state index contributed by atoms with van der Waals surface area (Å²) in [6, 6.07) is 11.3. The molecule has 10 heteroatoms. The molecular weight excluding hydrogens is 478 g/mol. The molecule has 3 rings (SSSR count). The SMILES string of the molecule is C=P(C)(C)c1ccc(Nc2nc(Nc3ccc(P(C)(C)=O)cc3OC)ncc2Cl)c(OC)c1. The molecule has 2 aromatic carbocycles. The van der Waals surface area contributed by atoms with Gasteiger partial charge in [0.25, 0.3) is 0 Å². The van der Waals surface area contributed by atoms with Gasteiger partial charge in [-0.05, 0) is 62.3 Å². The highest BCUT2D eigenvalue weighted by Gasteiger charge is 2.16. The third-order valence-corrected chi connectivity index (χ3v) is 8.41. The second kappa shape index (κ2) is 9.80. The molecule has 176 valence electrons. The van der Waals surface area contributed by atoms with Crippen LogP contribution in [0.2, 0.25) is 5.02 Å². The van der Waals surface area contributed by atoms with Crippen LogP contribution in [-0.2, 0) is 4.57 Å². The molecule has 1 heterocycles. The third-order valence-electron chi connectivity index (χ3n) is 4.93. The van der Waals surface area contributed by atoms with E-state index in [1.54, 1.807) is 45.7 Å². The van der Waals surface area contributed by atoms with Gasteiger partial charge in [-0.3, -0.25) is 0 Å². The monoisotopic (exact) mass is 506 g/mol. The van der Waals surface area contributed by atoms with Crippen LogP contribution in [0.5, 0.6) is 11.5 Å². The molecule has 0 atom stereocenters. The Labute approximate surface area is 200 Å². The lowest BCUT2D eigenvalue weighted by Gasteiger charge is -2.18. The smallest absolute Gasteiger partial charge is 0.229 e. The van der Waals surface area contributed by atoms with E-state index in [0.717, 1.165) is 16.3 Å². The first kappa shape index (κ1) is 25.2. The zero-order valence-corrected chi connectivity index (χ0v) is 22.2. The van der Waals surface area contributed by atoms with Gasteiger partial charge < -0.3 is 24.7 Å². The molecule has 0 unspecified atom stereocenters. The number of ether oxygens (including phenoxy) is 2. The predicted molar refractivity (Wildman–Crippen MR) is 144 cm³/mol. The fourth-order valence-corrected chi connectivity index (χ4v) is 4.99. The molecule has 0 aliphatic carbocycles. The molecule has 3 aromatic rings. The van der Waals surface area contributed by atoms with Crippen molar-refractivity contribution in [1.29, 1.82) is 0 Å². The first-order chi connectivity index (χ1) is 15.4. The molecule has 0 saturated heterocycles. The molecule has 2 N–H and O–H groups in total. The van der Waals surface area contributed by atoms with Crippen molar-refractivity contribution in [1.82, 2.24) is 9.97 Å². The van der Waals surface area contributed by atoms with E-state index < -0.39 is 14.0 Å². The maximum absolute atomic E-state index is 12.4. The zero-order valence-electron chi connectivity index (χ0n) is 19.6. The Bertz CT molecular complexity index is 1270. The fraction of sp³-hybridized carbons (Fsp3) is 0.261. The lowest BCUT2D eigenvalue weighted by atomic mass is 10.3. The molecule has 0 spiro atoms. The number of methoxy groups -OCH3 is 2. The van der Waals surface area contributed by atoms with E-state index in [4.69, 9.17) is 21.1 Å². The molecule has 0 aliphatic heterocycles. The maximum atomic E-state index is 12.4. The molecule has 7 nitrogen and oxygen atoms in total. The maximum Gasteiger partial charge on any atom is 0.229 e. The standard InChI is InChI=1S/C23H29ClN4O3P2/c1-30-20-12-15(32(3,4)5)8-10-18(20)26-22-17(24)14-25-23(28-22)27-19-11-9-16(33(6,7)29)13-21(19)31-2/h8-14H,3H2,1-2,4-7H3,(H2,25,26,27,28). The Balaban J connectivity index is 1.91. The number of hydrogen-bond acceptors (Lipinski definition) is 7. The van der Waals surface area contributed by atoms with E-state index in [1.807, 2.05) is 18.2 Å². The van der Waals surface area contributed by atoms with Crippen LogP contribution in [0.4, 0.5) is 23.1 Å². The second-order valence-electron chi connectivity index (χ2n) is 8.45. The molecule has 0 fully saturated rings. The van der Waals surface area contributed by atoms with Crippen LogP contribution in [0.1, 0.15) is 0 Å². The minimum absolute atomic E-state index is 0.324. The van der Waals surface area contributed by atoms with Crippen LogP contribution in [0, 0.1) is 0 Å². The summed E-state index contributed by atoms with van der Waals surface area (Å²) < 4.78 is 23.4. The van der Waals surface area contributed by atoms with E-state index in [-0.39, 0.29) is 0 Å². The van der Waals surface area contributed by atoms with Crippen molar-refractivity contribution >= 4 is 65.7 Å². The zero-order chi connectivity index (χ0) is 24.4.